The maximum atomic E-state index is 8.63. The van der Waals surface area contributed by atoms with Gasteiger partial charge in [-0.25, -0.2) is 0 Å². The van der Waals surface area contributed by atoms with Crippen LogP contribution in [0.25, 0.3) is 0 Å². The minimum Gasteiger partial charge on any atom is -2.00 e. The minimum atomic E-state index is 0. The van der Waals surface area contributed by atoms with Crippen LogP contribution in [-0.4, -0.2) is 5.11 Å². The van der Waals surface area contributed by atoms with E-state index in [2.05, 4.69) is 0 Å². The molecule has 0 unspecified atom stereocenters. The SMILES string of the molecule is Oc1ccccc1.[Na+].[Na+].[S-2]. The fraction of sp³-hybridized carbons (Fsp3) is 0. The van der Waals surface area contributed by atoms with Crippen molar-refractivity contribution in [1.29, 1.82) is 0 Å². The first-order chi connectivity index (χ1) is 3.39. The average molecular weight is 172 g/mol. The van der Waals surface area contributed by atoms with Gasteiger partial charge in [0.1, 0.15) is 5.75 Å². The molecule has 0 spiro atoms. The Labute approximate surface area is 112 Å². The third-order valence-corrected chi connectivity index (χ3v) is 0.756. The summed E-state index contributed by atoms with van der Waals surface area (Å²) in [6.45, 7) is 0. The van der Waals surface area contributed by atoms with E-state index < -0.39 is 0 Å². The van der Waals surface area contributed by atoms with Crippen molar-refractivity contribution in [3.63, 3.8) is 0 Å². The number of rotatable bonds is 0. The molecule has 1 rings (SSSR count). The Morgan fingerprint density at radius 1 is 0.900 bits per heavy atom. The zero-order chi connectivity index (χ0) is 5.11. The van der Waals surface area contributed by atoms with Crippen LogP contribution in [0.2, 0.25) is 0 Å². The Balaban J connectivity index is -0.000000163. The summed E-state index contributed by atoms with van der Waals surface area (Å²) in [6.07, 6.45) is 0. The molecule has 0 aliphatic carbocycles. The third kappa shape index (κ3) is 7.48. The summed E-state index contributed by atoms with van der Waals surface area (Å²) < 4.78 is 0. The fourth-order valence-electron chi connectivity index (χ4n) is 0.428. The van der Waals surface area contributed by atoms with Crippen molar-refractivity contribution in [2.45, 2.75) is 0 Å². The van der Waals surface area contributed by atoms with Crippen molar-refractivity contribution in [3.05, 3.63) is 30.3 Å². The molecular weight excluding hydrogens is 166 g/mol. The molecule has 0 atom stereocenters. The molecule has 10 heavy (non-hydrogen) atoms. The standard InChI is InChI=1S/C6H6O.2Na.S/c7-6-4-2-1-3-5-6;;;/h1-5,7H;;;/q;2*+1;-2. The van der Waals surface area contributed by atoms with E-state index in [9.17, 15) is 0 Å². The topological polar surface area (TPSA) is 20.2 Å². The van der Waals surface area contributed by atoms with Gasteiger partial charge < -0.3 is 18.6 Å². The summed E-state index contributed by atoms with van der Waals surface area (Å²) in [6, 6.07) is 8.71. The normalized spacial score (nSPS) is 6.00. The molecule has 44 valence electrons. The second-order valence-electron chi connectivity index (χ2n) is 1.34. The maximum Gasteiger partial charge on any atom is 1.00 e. The van der Waals surface area contributed by atoms with Crippen LogP contribution in [0, 0.1) is 0 Å². The van der Waals surface area contributed by atoms with Crippen molar-refractivity contribution in [2.24, 2.45) is 0 Å². The summed E-state index contributed by atoms with van der Waals surface area (Å²) in [5, 5.41) is 8.63. The van der Waals surface area contributed by atoms with Crippen molar-refractivity contribution in [3.8, 4) is 5.75 Å². The van der Waals surface area contributed by atoms with Crippen LogP contribution in [0.3, 0.4) is 0 Å². The zero-order valence-corrected chi connectivity index (χ0v) is 11.1. The molecule has 0 aliphatic heterocycles. The quantitative estimate of drug-likeness (QED) is 0.390. The van der Waals surface area contributed by atoms with Crippen LogP contribution in [0.4, 0.5) is 0 Å². The Morgan fingerprint density at radius 2 is 1.30 bits per heavy atom. The Bertz CT molecular complexity index is 146. The first kappa shape index (κ1) is 17.5. The number of para-hydroxylation sites is 1. The van der Waals surface area contributed by atoms with E-state index in [1.54, 1.807) is 24.3 Å². The maximum absolute atomic E-state index is 8.63. The second-order valence-corrected chi connectivity index (χ2v) is 1.34. The molecule has 0 aromatic heterocycles. The molecule has 0 saturated carbocycles. The monoisotopic (exact) mass is 172 g/mol. The number of aromatic hydroxyl groups is 1. The van der Waals surface area contributed by atoms with Crippen molar-refractivity contribution in [2.75, 3.05) is 0 Å². The third-order valence-electron chi connectivity index (χ3n) is 0.756. The van der Waals surface area contributed by atoms with Gasteiger partial charge in [-0.15, -0.1) is 0 Å². The molecule has 1 aromatic rings. The van der Waals surface area contributed by atoms with E-state index in [0.717, 1.165) is 0 Å². The van der Waals surface area contributed by atoms with Gasteiger partial charge in [-0.1, -0.05) is 18.2 Å². The van der Waals surface area contributed by atoms with Crippen LogP contribution < -0.4 is 59.1 Å². The molecule has 0 aliphatic rings. The van der Waals surface area contributed by atoms with Gasteiger partial charge in [0.15, 0.2) is 0 Å². The molecular formula is C6H6Na2OS. The summed E-state index contributed by atoms with van der Waals surface area (Å²) in [7, 11) is 0. The van der Waals surface area contributed by atoms with E-state index in [-0.39, 0.29) is 72.6 Å². The molecule has 0 heterocycles. The fourth-order valence-corrected chi connectivity index (χ4v) is 0.428. The molecule has 0 bridgehead atoms. The zero-order valence-electron chi connectivity index (χ0n) is 6.24. The molecule has 0 fully saturated rings. The smallest absolute Gasteiger partial charge is 1.00 e. The predicted octanol–water partition coefficient (Wildman–Crippen LogP) is -4.60. The number of benzene rings is 1. The van der Waals surface area contributed by atoms with Crippen LogP contribution in [0.5, 0.6) is 5.75 Å². The molecule has 1 N–H and O–H groups in total. The van der Waals surface area contributed by atoms with Gasteiger partial charge in [0.2, 0.25) is 0 Å². The molecule has 0 saturated heterocycles. The van der Waals surface area contributed by atoms with E-state index >= 15 is 0 Å². The van der Waals surface area contributed by atoms with Gasteiger partial charge in [0.25, 0.3) is 0 Å². The first-order valence-corrected chi connectivity index (χ1v) is 2.13. The van der Waals surface area contributed by atoms with Crippen molar-refractivity contribution < 1.29 is 64.2 Å². The van der Waals surface area contributed by atoms with Crippen LogP contribution in [-0.2, 0) is 13.5 Å². The van der Waals surface area contributed by atoms with Crippen LogP contribution >= 0.6 is 0 Å². The number of hydrogen-bond donors (Lipinski definition) is 1. The van der Waals surface area contributed by atoms with Gasteiger partial charge in [-0.05, 0) is 12.1 Å². The molecule has 0 radical (unpaired) electrons. The van der Waals surface area contributed by atoms with Gasteiger partial charge in [-0.3, -0.25) is 0 Å². The van der Waals surface area contributed by atoms with Crippen molar-refractivity contribution in [1.82, 2.24) is 0 Å². The number of phenolic OH excluding ortho intramolecular Hbond substituents is 1. The predicted molar refractivity (Wildman–Crippen MR) is 35.5 cm³/mol. The average Bonchev–Trinajstić information content (AvgIpc) is 1.69. The molecule has 4 heteroatoms. The summed E-state index contributed by atoms with van der Waals surface area (Å²) in [4.78, 5) is 0. The minimum absolute atomic E-state index is 0. The largest absolute Gasteiger partial charge is 2.00 e. The summed E-state index contributed by atoms with van der Waals surface area (Å²) >= 11 is 0. The van der Waals surface area contributed by atoms with Gasteiger partial charge in [0, 0.05) is 0 Å². The van der Waals surface area contributed by atoms with Gasteiger partial charge >= 0.3 is 59.1 Å². The van der Waals surface area contributed by atoms with E-state index in [1.165, 1.54) is 0 Å². The Morgan fingerprint density at radius 3 is 1.50 bits per heavy atom. The van der Waals surface area contributed by atoms with Crippen LogP contribution in [0.15, 0.2) is 30.3 Å². The molecule has 1 nitrogen and oxygen atoms in total. The Hall–Kier alpha value is 1.37. The van der Waals surface area contributed by atoms with Crippen LogP contribution in [0.1, 0.15) is 0 Å². The molecule has 1 aromatic carbocycles. The van der Waals surface area contributed by atoms with Gasteiger partial charge in [0.05, 0.1) is 0 Å². The van der Waals surface area contributed by atoms with E-state index in [4.69, 9.17) is 5.11 Å². The second kappa shape index (κ2) is 10.4. The van der Waals surface area contributed by atoms with Gasteiger partial charge in [-0.2, -0.15) is 0 Å². The van der Waals surface area contributed by atoms with E-state index in [0.29, 0.717) is 5.75 Å². The first-order valence-electron chi connectivity index (χ1n) is 2.13. The number of hydrogen-bond acceptors (Lipinski definition) is 1. The van der Waals surface area contributed by atoms with Crippen molar-refractivity contribution >= 4 is 13.5 Å². The summed E-state index contributed by atoms with van der Waals surface area (Å²) in [5.41, 5.74) is 0. The summed E-state index contributed by atoms with van der Waals surface area (Å²) in [5.74, 6) is 0.322. The number of phenols is 1. The molecule has 0 amide bonds. The Kier molecular flexibility index (Phi) is 18.1. The van der Waals surface area contributed by atoms with E-state index in [1.807, 2.05) is 6.07 Å².